The zero-order valence-corrected chi connectivity index (χ0v) is 11.6. The minimum absolute atomic E-state index is 0.222. The average Bonchev–Trinajstić information content (AvgIpc) is 3.09. The molecule has 19 heavy (non-hydrogen) atoms. The van der Waals surface area contributed by atoms with Gasteiger partial charge in [-0.1, -0.05) is 0 Å². The molecule has 0 aliphatic carbocycles. The fourth-order valence-electron chi connectivity index (χ4n) is 1.98. The Bertz CT molecular complexity index is 661. The van der Waals surface area contributed by atoms with Crippen molar-refractivity contribution in [3.63, 3.8) is 0 Å². The summed E-state index contributed by atoms with van der Waals surface area (Å²) in [7, 11) is 0. The molecule has 0 fully saturated rings. The summed E-state index contributed by atoms with van der Waals surface area (Å²) in [5.41, 5.74) is 0.987. The molecule has 0 unspecified atom stereocenters. The molecule has 0 saturated heterocycles. The fraction of sp³-hybridized carbons (Fsp3) is 0.308. The van der Waals surface area contributed by atoms with E-state index in [0.29, 0.717) is 0 Å². The Morgan fingerprint density at radius 3 is 3.00 bits per heavy atom. The maximum Gasteiger partial charge on any atom is 0.147 e. The van der Waals surface area contributed by atoms with Gasteiger partial charge in [0, 0.05) is 18.4 Å². The van der Waals surface area contributed by atoms with Crippen LogP contribution in [0.1, 0.15) is 19.9 Å². The lowest BCUT2D eigenvalue weighted by Crippen LogP contribution is -2.27. The van der Waals surface area contributed by atoms with Gasteiger partial charge in [-0.3, -0.25) is 4.68 Å². The predicted octanol–water partition coefficient (Wildman–Crippen LogP) is 2.95. The molecule has 0 amide bonds. The van der Waals surface area contributed by atoms with Gasteiger partial charge in [0.1, 0.15) is 12.1 Å². The van der Waals surface area contributed by atoms with Crippen LogP contribution in [0, 0.1) is 0 Å². The van der Waals surface area contributed by atoms with Gasteiger partial charge in [0.25, 0.3) is 0 Å². The Hall–Kier alpha value is -1.95. The second kappa shape index (κ2) is 4.97. The third kappa shape index (κ3) is 2.31. The highest BCUT2D eigenvalue weighted by Crippen LogP contribution is 2.26. The van der Waals surface area contributed by atoms with Crippen LogP contribution in [0.4, 0.5) is 5.82 Å². The Balaban J connectivity index is 1.83. The monoisotopic (exact) mass is 273 g/mol. The second-order valence-electron chi connectivity index (χ2n) is 4.52. The average molecular weight is 273 g/mol. The molecule has 0 aromatic carbocycles. The van der Waals surface area contributed by atoms with Gasteiger partial charge < -0.3 is 5.32 Å². The first-order chi connectivity index (χ1) is 9.25. The number of fused-ring (bicyclic) bond motifs is 1. The number of nitrogens with zero attached hydrogens (tertiary/aromatic N) is 4. The van der Waals surface area contributed by atoms with Crippen molar-refractivity contribution >= 4 is 27.4 Å². The van der Waals surface area contributed by atoms with Crippen molar-refractivity contribution in [2.24, 2.45) is 0 Å². The van der Waals surface area contributed by atoms with E-state index in [2.05, 4.69) is 34.2 Å². The lowest BCUT2D eigenvalue weighted by atomic mass is 10.2. The summed E-state index contributed by atoms with van der Waals surface area (Å²) in [5.74, 6) is 0.895. The molecule has 0 bridgehead atoms. The van der Waals surface area contributed by atoms with E-state index >= 15 is 0 Å². The summed E-state index contributed by atoms with van der Waals surface area (Å²) in [6.45, 7) is 4.27. The van der Waals surface area contributed by atoms with Gasteiger partial charge in [-0.25, -0.2) is 9.97 Å². The molecular formula is C13H15N5S. The van der Waals surface area contributed by atoms with E-state index < -0.39 is 0 Å². The summed E-state index contributed by atoms with van der Waals surface area (Å²) in [6, 6.07) is 4.42. The van der Waals surface area contributed by atoms with Crippen LogP contribution < -0.4 is 5.32 Å². The topological polar surface area (TPSA) is 55.6 Å². The predicted molar refractivity (Wildman–Crippen MR) is 77.4 cm³/mol. The molecule has 5 nitrogen and oxygen atoms in total. The Morgan fingerprint density at radius 2 is 2.21 bits per heavy atom. The van der Waals surface area contributed by atoms with Crippen LogP contribution in [0.3, 0.4) is 0 Å². The van der Waals surface area contributed by atoms with E-state index in [4.69, 9.17) is 0 Å². The highest BCUT2D eigenvalue weighted by atomic mass is 32.1. The molecular weight excluding hydrogens is 258 g/mol. The molecule has 98 valence electrons. The summed E-state index contributed by atoms with van der Waals surface area (Å²) < 4.78 is 3.05. The van der Waals surface area contributed by atoms with Crippen LogP contribution >= 0.6 is 11.3 Å². The molecule has 3 rings (SSSR count). The van der Waals surface area contributed by atoms with Crippen LogP contribution in [0.2, 0.25) is 0 Å². The van der Waals surface area contributed by atoms with Crippen molar-refractivity contribution < 1.29 is 0 Å². The van der Waals surface area contributed by atoms with Gasteiger partial charge in [0.05, 0.1) is 16.3 Å². The summed E-state index contributed by atoms with van der Waals surface area (Å²) in [6.07, 6.45) is 5.37. The van der Waals surface area contributed by atoms with Crippen LogP contribution in [-0.2, 0) is 0 Å². The largest absolute Gasteiger partial charge is 0.364 e. The van der Waals surface area contributed by atoms with Gasteiger partial charge in [0.2, 0.25) is 0 Å². The van der Waals surface area contributed by atoms with Crippen LogP contribution in [-0.4, -0.2) is 25.8 Å². The number of anilines is 1. The van der Waals surface area contributed by atoms with Crippen molar-refractivity contribution in [1.82, 2.24) is 19.7 Å². The summed E-state index contributed by atoms with van der Waals surface area (Å²) in [5, 5.41) is 9.77. The van der Waals surface area contributed by atoms with Crippen molar-refractivity contribution in [2.75, 3.05) is 5.32 Å². The van der Waals surface area contributed by atoms with Gasteiger partial charge >= 0.3 is 0 Å². The van der Waals surface area contributed by atoms with Crippen LogP contribution in [0.5, 0.6) is 0 Å². The molecule has 0 radical (unpaired) electrons. The summed E-state index contributed by atoms with van der Waals surface area (Å²) in [4.78, 5) is 8.59. The molecule has 0 aliphatic rings. The Labute approximate surface area is 115 Å². The molecule has 6 heteroatoms. The van der Waals surface area contributed by atoms with E-state index in [0.717, 1.165) is 16.0 Å². The van der Waals surface area contributed by atoms with Gasteiger partial charge in [0.15, 0.2) is 0 Å². The van der Waals surface area contributed by atoms with Crippen molar-refractivity contribution in [1.29, 1.82) is 0 Å². The number of aromatic nitrogens is 4. The zero-order chi connectivity index (χ0) is 13.2. The molecule has 3 aromatic heterocycles. The normalized spacial score (nSPS) is 14.4. The molecule has 0 spiro atoms. The number of thiophene rings is 1. The maximum atomic E-state index is 4.34. The zero-order valence-electron chi connectivity index (χ0n) is 10.8. The first-order valence-electron chi connectivity index (χ1n) is 6.19. The molecule has 3 aromatic rings. The highest BCUT2D eigenvalue weighted by molar-refractivity contribution is 7.17. The van der Waals surface area contributed by atoms with E-state index in [1.165, 1.54) is 0 Å². The first kappa shape index (κ1) is 12.1. The van der Waals surface area contributed by atoms with Crippen molar-refractivity contribution in [3.05, 3.63) is 36.2 Å². The molecule has 1 N–H and O–H groups in total. The smallest absolute Gasteiger partial charge is 0.147 e. The fourth-order valence-corrected chi connectivity index (χ4v) is 2.78. The van der Waals surface area contributed by atoms with E-state index in [-0.39, 0.29) is 12.1 Å². The number of nitrogens with one attached hydrogen (secondary N) is 1. The van der Waals surface area contributed by atoms with Crippen molar-refractivity contribution in [3.8, 4) is 0 Å². The standard InChI is InChI=1S/C13H15N5S/c1-9(10(2)18-6-3-5-16-18)17-13-12-11(4-7-19-12)14-8-15-13/h3-10H,1-2H3,(H,14,15,17)/t9-,10+/m0/s1. The number of rotatable bonds is 4. The quantitative estimate of drug-likeness (QED) is 0.794. The van der Waals surface area contributed by atoms with Gasteiger partial charge in [-0.05, 0) is 31.4 Å². The maximum absolute atomic E-state index is 4.34. The molecule has 2 atom stereocenters. The lowest BCUT2D eigenvalue weighted by Gasteiger charge is -2.22. The number of hydrogen-bond acceptors (Lipinski definition) is 5. The minimum Gasteiger partial charge on any atom is -0.364 e. The van der Waals surface area contributed by atoms with E-state index in [1.54, 1.807) is 23.9 Å². The number of hydrogen-bond donors (Lipinski definition) is 1. The molecule has 3 heterocycles. The lowest BCUT2D eigenvalue weighted by molar-refractivity contribution is 0.443. The van der Waals surface area contributed by atoms with E-state index in [9.17, 15) is 0 Å². The van der Waals surface area contributed by atoms with Crippen molar-refractivity contribution in [2.45, 2.75) is 25.9 Å². The van der Waals surface area contributed by atoms with E-state index in [1.807, 2.05) is 28.4 Å². The molecule has 0 saturated carbocycles. The van der Waals surface area contributed by atoms with Crippen LogP contribution in [0.15, 0.2) is 36.2 Å². The third-order valence-electron chi connectivity index (χ3n) is 3.27. The SMILES string of the molecule is C[C@H](Nc1ncnc2ccsc12)[C@@H](C)n1cccn1. The summed E-state index contributed by atoms with van der Waals surface area (Å²) >= 11 is 1.66. The first-order valence-corrected chi connectivity index (χ1v) is 7.07. The molecule has 0 aliphatic heterocycles. The van der Waals surface area contributed by atoms with Gasteiger partial charge in [-0.15, -0.1) is 11.3 Å². The highest BCUT2D eigenvalue weighted by Gasteiger charge is 2.16. The minimum atomic E-state index is 0.222. The Morgan fingerprint density at radius 1 is 1.32 bits per heavy atom. The van der Waals surface area contributed by atoms with Crippen LogP contribution in [0.25, 0.3) is 10.2 Å². The van der Waals surface area contributed by atoms with Gasteiger partial charge in [-0.2, -0.15) is 5.10 Å². The Kier molecular flexibility index (Phi) is 3.16. The second-order valence-corrected chi connectivity index (χ2v) is 5.43. The third-order valence-corrected chi connectivity index (χ3v) is 4.18.